The zero-order chi connectivity index (χ0) is 21.3. The first-order chi connectivity index (χ1) is 12.9. The summed E-state index contributed by atoms with van der Waals surface area (Å²) in [6.45, 7) is -0.693. The molecule has 0 aliphatic carbocycles. The molecule has 1 aromatic carbocycles. The number of anilines is 1. The van der Waals surface area contributed by atoms with Gasteiger partial charge in [0.25, 0.3) is 0 Å². The van der Waals surface area contributed by atoms with Crippen molar-refractivity contribution in [2.24, 2.45) is 0 Å². The van der Waals surface area contributed by atoms with E-state index in [1.807, 2.05) is 0 Å². The number of hydrogen-bond acceptors (Lipinski definition) is 8. The number of methoxy groups -OCH3 is 2. The maximum absolute atomic E-state index is 13.4. The summed E-state index contributed by atoms with van der Waals surface area (Å²) in [5.74, 6) is -1.92. The Bertz CT molecular complexity index is 938. The number of esters is 2. The third-order valence-electron chi connectivity index (χ3n) is 3.81. The molecule has 2 rings (SSSR count). The second kappa shape index (κ2) is 7.80. The fourth-order valence-corrected chi connectivity index (χ4v) is 3.47. The van der Waals surface area contributed by atoms with E-state index in [0.717, 1.165) is 31.3 Å². The average Bonchev–Trinajstić information content (AvgIpc) is 2.64. The molecular formula is C16H16F3NO7S. The quantitative estimate of drug-likeness (QED) is 0.672. The van der Waals surface area contributed by atoms with E-state index in [2.05, 4.69) is 9.47 Å². The Morgan fingerprint density at radius 3 is 2.25 bits per heavy atom. The molecule has 1 aliphatic rings. The number of sulfone groups is 1. The highest BCUT2D eigenvalue weighted by Crippen LogP contribution is 2.38. The van der Waals surface area contributed by atoms with Crippen LogP contribution in [0, 0.1) is 0 Å². The molecule has 0 bridgehead atoms. The second-order valence-electron chi connectivity index (χ2n) is 5.67. The zero-order valence-corrected chi connectivity index (χ0v) is 15.8. The Hall–Kier alpha value is -2.60. The summed E-state index contributed by atoms with van der Waals surface area (Å²) >= 11 is 0. The molecule has 12 heteroatoms. The van der Waals surface area contributed by atoms with Crippen molar-refractivity contribution in [2.75, 3.05) is 38.7 Å². The second-order valence-corrected chi connectivity index (χ2v) is 7.65. The Kier molecular flexibility index (Phi) is 6.04. The summed E-state index contributed by atoms with van der Waals surface area (Å²) in [7, 11) is -2.08. The number of rotatable bonds is 4. The molecule has 0 radical (unpaired) electrons. The van der Waals surface area contributed by atoms with Crippen LogP contribution in [0.3, 0.4) is 0 Å². The number of hydrogen-bond donors (Lipinski definition) is 0. The van der Waals surface area contributed by atoms with Crippen LogP contribution in [0.15, 0.2) is 34.4 Å². The average molecular weight is 423 g/mol. The van der Waals surface area contributed by atoms with Gasteiger partial charge in [-0.05, 0) is 18.2 Å². The maximum Gasteiger partial charge on any atom is 0.417 e. The van der Waals surface area contributed by atoms with Crippen LogP contribution in [0.25, 0.3) is 0 Å². The Labute approximate surface area is 158 Å². The molecule has 28 heavy (non-hydrogen) atoms. The van der Waals surface area contributed by atoms with E-state index in [0.29, 0.717) is 12.3 Å². The van der Waals surface area contributed by atoms with Gasteiger partial charge in [0.05, 0.1) is 36.9 Å². The highest BCUT2D eigenvalue weighted by atomic mass is 32.2. The van der Waals surface area contributed by atoms with Crippen molar-refractivity contribution < 1.29 is 45.4 Å². The Balaban J connectivity index is 2.71. The van der Waals surface area contributed by atoms with Crippen molar-refractivity contribution in [3.63, 3.8) is 0 Å². The van der Waals surface area contributed by atoms with Crippen molar-refractivity contribution in [2.45, 2.75) is 11.1 Å². The molecule has 0 N–H and O–H groups in total. The van der Waals surface area contributed by atoms with Gasteiger partial charge in [-0.25, -0.2) is 18.0 Å². The first kappa shape index (κ1) is 21.7. The van der Waals surface area contributed by atoms with E-state index in [1.165, 1.54) is 0 Å². The first-order valence-electron chi connectivity index (χ1n) is 7.58. The SMILES string of the molecule is COC(=O)C1=C(C(=O)OC)N(c2ccc(S(C)(=O)=O)c(C(F)(F)F)c2)COC1. The lowest BCUT2D eigenvalue weighted by molar-refractivity contribution is -0.140. The van der Waals surface area contributed by atoms with Crippen LogP contribution < -0.4 is 4.90 Å². The van der Waals surface area contributed by atoms with Gasteiger partial charge in [0, 0.05) is 11.9 Å². The summed E-state index contributed by atoms with van der Waals surface area (Å²) in [6, 6.07) is 2.40. The first-order valence-corrected chi connectivity index (χ1v) is 9.47. The van der Waals surface area contributed by atoms with Crippen LogP contribution in [-0.2, 0) is 39.8 Å². The van der Waals surface area contributed by atoms with Gasteiger partial charge < -0.3 is 19.1 Å². The van der Waals surface area contributed by atoms with E-state index < -0.39 is 38.4 Å². The van der Waals surface area contributed by atoms with Gasteiger partial charge in [0.15, 0.2) is 9.84 Å². The number of alkyl halides is 3. The summed E-state index contributed by atoms with van der Waals surface area (Å²) in [5, 5.41) is 0. The lowest BCUT2D eigenvalue weighted by Gasteiger charge is -2.31. The predicted octanol–water partition coefficient (Wildman–Crippen LogP) is 1.50. The van der Waals surface area contributed by atoms with Crippen LogP contribution in [0.2, 0.25) is 0 Å². The summed E-state index contributed by atoms with van der Waals surface area (Å²) in [5.41, 5.74) is -2.25. The van der Waals surface area contributed by atoms with Crippen molar-refractivity contribution >= 4 is 27.5 Å². The molecule has 0 spiro atoms. The largest absolute Gasteiger partial charge is 0.466 e. The van der Waals surface area contributed by atoms with E-state index in [9.17, 15) is 31.2 Å². The third kappa shape index (κ3) is 4.28. The van der Waals surface area contributed by atoms with Gasteiger partial charge in [0.2, 0.25) is 0 Å². The fourth-order valence-electron chi connectivity index (χ4n) is 2.58. The van der Waals surface area contributed by atoms with Crippen LogP contribution >= 0.6 is 0 Å². The molecule has 154 valence electrons. The number of benzene rings is 1. The summed E-state index contributed by atoms with van der Waals surface area (Å²) < 4.78 is 78.0. The lowest BCUT2D eigenvalue weighted by Crippen LogP contribution is -2.39. The van der Waals surface area contributed by atoms with E-state index in [-0.39, 0.29) is 30.3 Å². The van der Waals surface area contributed by atoms with Gasteiger partial charge in [-0.1, -0.05) is 0 Å². The van der Waals surface area contributed by atoms with Crippen molar-refractivity contribution in [3.8, 4) is 0 Å². The minimum Gasteiger partial charge on any atom is -0.466 e. The van der Waals surface area contributed by atoms with Crippen molar-refractivity contribution in [1.82, 2.24) is 0 Å². The van der Waals surface area contributed by atoms with Crippen LogP contribution in [-0.4, -0.2) is 54.2 Å². The molecule has 1 aliphatic heterocycles. The van der Waals surface area contributed by atoms with Gasteiger partial charge in [-0.15, -0.1) is 0 Å². The van der Waals surface area contributed by atoms with Gasteiger partial charge in [-0.3, -0.25) is 0 Å². The fraction of sp³-hybridized carbons (Fsp3) is 0.375. The highest BCUT2D eigenvalue weighted by Gasteiger charge is 2.38. The molecule has 0 amide bonds. The van der Waals surface area contributed by atoms with E-state index in [1.54, 1.807) is 0 Å². The molecular weight excluding hydrogens is 407 g/mol. The smallest absolute Gasteiger partial charge is 0.417 e. The predicted molar refractivity (Wildman–Crippen MR) is 88.9 cm³/mol. The molecule has 0 aromatic heterocycles. The van der Waals surface area contributed by atoms with E-state index in [4.69, 9.17) is 4.74 Å². The molecule has 8 nitrogen and oxygen atoms in total. The molecule has 0 saturated carbocycles. The number of carbonyl (C=O) groups is 2. The molecule has 1 aromatic rings. The number of carbonyl (C=O) groups excluding carboxylic acids is 2. The third-order valence-corrected chi connectivity index (χ3v) is 4.97. The monoisotopic (exact) mass is 423 g/mol. The normalized spacial score (nSPS) is 15.4. The topological polar surface area (TPSA) is 99.2 Å². The van der Waals surface area contributed by atoms with Crippen LogP contribution in [0.1, 0.15) is 5.56 Å². The van der Waals surface area contributed by atoms with Gasteiger partial charge >= 0.3 is 18.1 Å². The minimum absolute atomic E-state index is 0.221. The number of nitrogens with zero attached hydrogens (tertiary/aromatic N) is 1. The summed E-state index contributed by atoms with van der Waals surface area (Å²) in [4.78, 5) is 24.2. The van der Waals surface area contributed by atoms with Crippen molar-refractivity contribution in [3.05, 3.63) is 35.0 Å². The molecule has 1 heterocycles. The Morgan fingerprint density at radius 2 is 1.75 bits per heavy atom. The standard InChI is InChI=1S/C16H16F3NO7S/c1-25-14(21)10-7-27-8-20(13(10)15(22)26-2)9-4-5-12(28(3,23)24)11(6-9)16(17,18)19/h4-6H,7-8H2,1-3H3. The van der Waals surface area contributed by atoms with Crippen LogP contribution in [0.5, 0.6) is 0 Å². The highest BCUT2D eigenvalue weighted by molar-refractivity contribution is 7.90. The molecule has 0 unspecified atom stereocenters. The molecule has 0 atom stereocenters. The summed E-state index contributed by atoms with van der Waals surface area (Å²) in [6.07, 6.45) is -4.33. The van der Waals surface area contributed by atoms with Gasteiger partial charge in [-0.2, -0.15) is 13.2 Å². The number of ether oxygens (including phenoxy) is 3. The van der Waals surface area contributed by atoms with E-state index >= 15 is 0 Å². The minimum atomic E-state index is -4.98. The molecule has 0 saturated heterocycles. The van der Waals surface area contributed by atoms with Gasteiger partial charge in [0.1, 0.15) is 12.4 Å². The van der Waals surface area contributed by atoms with Crippen molar-refractivity contribution in [1.29, 1.82) is 0 Å². The van der Waals surface area contributed by atoms with Crippen LogP contribution in [0.4, 0.5) is 18.9 Å². The Morgan fingerprint density at radius 1 is 1.14 bits per heavy atom. The number of halogens is 3. The maximum atomic E-state index is 13.4. The lowest BCUT2D eigenvalue weighted by atomic mass is 10.1. The molecule has 0 fully saturated rings. The zero-order valence-electron chi connectivity index (χ0n) is 15.0.